The Balaban J connectivity index is 1.18. The Labute approximate surface area is 187 Å². The molecule has 166 valence electrons. The first-order chi connectivity index (χ1) is 15.6. The number of nitrogens with one attached hydrogen (secondary N) is 1. The highest BCUT2D eigenvalue weighted by atomic mass is 16.2. The second-order valence-electron chi connectivity index (χ2n) is 9.60. The maximum absolute atomic E-state index is 12.8. The van der Waals surface area contributed by atoms with Gasteiger partial charge in [-0.15, -0.1) is 0 Å². The lowest BCUT2D eigenvalue weighted by atomic mass is 9.95. The molecule has 32 heavy (non-hydrogen) atoms. The molecule has 1 saturated heterocycles. The number of anilines is 2. The molecule has 1 aliphatic heterocycles. The predicted octanol–water partition coefficient (Wildman–Crippen LogP) is 3.32. The summed E-state index contributed by atoms with van der Waals surface area (Å²) in [5.41, 5.74) is 2.48. The molecule has 2 aromatic heterocycles. The predicted molar refractivity (Wildman–Crippen MR) is 123 cm³/mol. The van der Waals surface area contributed by atoms with Crippen molar-refractivity contribution in [2.24, 2.45) is 11.8 Å². The fourth-order valence-electron chi connectivity index (χ4n) is 5.67. The number of carbonyl (C=O) groups excluding carboxylic acids is 1. The standard InChI is InChI=1S/C24H29N7O/c1-29-8-10-30(11-9-29)23(32)17-4-6-20(7-5-17)27-24-25-14-19-15-26-31(22(19)28-24)21-13-16-2-3-18(21)12-16/h4-7,14-16,18,21H,2-3,8-13H2,1H3,(H,25,27,28)/t16-,18+,21-/m0/s1. The summed E-state index contributed by atoms with van der Waals surface area (Å²) in [5, 5.41) is 8.94. The van der Waals surface area contributed by atoms with E-state index in [4.69, 9.17) is 4.98 Å². The molecular formula is C24H29N7O. The first-order valence-electron chi connectivity index (χ1n) is 11.7. The number of fused-ring (bicyclic) bond motifs is 3. The summed E-state index contributed by atoms with van der Waals surface area (Å²) in [7, 11) is 2.09. The molecule has 3 fully saturated rings. The summed E-state index contributed by atoms with van der Waals surface area (Å²) in [6.45, 7) is 3.40. The van der Waals surface area contributed by atoms with Crippen LogP contribution in [0.3, 0.4) is 0 Å². The summed E-state index contributed by atoms with van der Waals surface area (Å²) in [5.74, 6) is 2.24. The van der Waals surface area contributed by atoms with Gasteiger partial charge in [-0.2, -0.15) is 10.1 Å². The molecule has 3 heterocycles. The fourth-order valence-corrected chi connectivity index (χ4v) is 5.67. The molecule has 2 saturated carbocycles. The van der Waals surface area contributed by atoms with Crippen LogP contribution in [0.1, 0.15) is 42.1 Å². The van der Waals surface area contributed by atoms with Crippen LogP contribution >= 0.6 is 0 Å². The summed E-state index contributed by atoms with van der Waals surface area (Å²) in [6.07, 6.45) is 8.95. The zero-order valence-corrected chi connectivity index (χ0v) is 18.4. The number of piperazine rings is 1. The highest BCUT2D eigenvalue weighted by molar-refractivity contribution is 5.94. The molecule has 2 bridgehead atoms. The van der Waals surface area contributed by atoms with Crippen molar-refractivity contribution in [1.82, 2.24) is 29.5 Å². The quantitative estimate of drug-likeness (QED) is 0.683. The number of hydrogen-bond donors (Lipinski definition) is 1. The van der Waals surface area contributed by atoms with Crippen molar-refractivity contribution in [3.8, 4) is 0 Å². The molecule has 8 heteroatoms. The molecule has 0 radical (unpaired) electrons. The van der Waals surface area contributed by atoms with Crippen LogP contribution in [0.5, 0.6) is 0 Å². The van der Waals surface area contributed by atoms with Gasteiger partial charge in [-0.25, -0.2) is 9.67 Å². The minimum Gasteiger partial charge on any atom is -0.336 e. The number of rotatable bonds is 4. The van der Waals surface area contributed by atoms with Gasteiger partial charge in [0, 0.05) is 43.6 Å². The summed E-state index contributed by atoms with van der Waals surface area (Å²) in [6, 6.07) is 8.06. The second kappa shape index (κ2) is 7.85. The average molecular weight is 432 g/mol. The molecule has 1 amide bonds. The van der Waals surface area contributed by atoms with E-state index in [0.717, 1.165) is 54.7 Å². The summed E-state index contributed by atoms with van der Waals surface area (Å²) < 4.78 is 2.13. The van der Waals surface area contributed by atoms with Gasteiger partial charge in [-0.05, 0) is 62.4 Å². The van der Waals surface area contributed by atoms with E-state index < -0.39 is 0 Å². The van der Waals surface area contributed by atoms with E-state index in [2.05, 4.69) is 32.0 Å². The lowest BCUT2D eigenvalue weighted by molar-refractivity contribution is 0.0664. The highest BCUT2D eigenvalue weighted by Gasteiger charge is 2.41. The fraction of sp³-hybridized carbons (Fsp3) is 0.500. The molecule has 1 N–H and O–H groups in total. The number of carbonyl (C=O) groups is 1. The number of benzene rings is 1. The van der Waals surface area contributed by atoms with E-state index in [1.54, 1.807) is 0 Å². The first kappa shape index (κ1) is 19.7. The van der Waals surface area contributed by atoms with Crippen LogP contribution in [0.2, 0.25) is 0 Å². The van der Waals surface area contributed by atoms with Gasteiger partial charge in [0.1, 0.15) is 0 Å². The van der Waals surface area contributed by atoms with Gasteiger partial charge in [0.25, 0.3) is 5.91 Å². The lowest BCUT2D eigenvalue weighted by Crippen LogP contribution is -2.47. The third kappa shape index (κ3) is 3.52. The van der Waals surface area contributed by atoms with E-state index >= 15 is 0 Å². The normalized spacial score (nSPS) is 25.5. The van der Waals surface area contributed by atoms with Gasteiger partial charge in [-0.3, -0.25) is 4.79 Å². The number of likely N-dealkylation sites (N-methyl/N-ethyl adjacent to an activating group) is 1. The SMILES string of the molecule is CN1CCN(C(=O)c2ccc(Nc3ncc4cnn([C@H]5C[C@H]6CC[C@@H]5C6)c4n3)cc2)CC1. The molecule has 8 nitrogen and oxygen atoms in total. The Kier molecular flexibility index (Phi) is 4.82. The monoisotopic (exact) mass is 431 g/mol. The topological polar surface area (TPSA) is 79.2 Å². The molecule has 1 aromatic carbocycles. The zero-order chi connectivity index (χ0) is 21.7. The van der Waals surface area contributed by atoms with Crippen LogP contribution in [-0.4, -0.2) is 68.7 Å². The minimum absolute atomic E-state index is 0.0945. The molecule has 2 aliphatic carbocycles. The van der Waals surface area contributed by atoms with Gasteiger partial charge in [0.05, 0.1) is 17.6 Å². The molecule has 6 rings (SSSR count). The van der Waals surface area contributed by atoms with Crippen LogP contribution in [-0.2, 0) is 0 Å². The third-order valence-electron chi connectivity index (χ3n) is 7.53. The average Bonchev–Trinajstić information content (AvgIpc) is 3.55. The van der Waals surface area contributed by atoms with Crippen LogP contribution < -0.4 is 5.32 Å². The van der Waals surface area contributed by atoms with Crippen molar-refractivity contribution in [3.63, 3.8) is 0 Å². The van der Waals surface area contributed by atoms with E-state index in [0.29, 0.717) is 17.6 Å². The summed E-state index contributed by atoms with van der Waals surface area (Å²) >= 11 is 0. The third-order valence-corrected chi connectivity index (χ3v) is 7.53. The Hall–Kier alpha value is -3.00. The number of hydrogen-bond acceptors (Lipinski definition) is 6. The van der Waals surface area contributed by atoms with Crippen molar-refractivity contribution < 1.29 is 4.79 Å². The van der Waals surface area contributed by atoms with Crippen molar-refractivity contribution in [1.29, 1.82) is 0 Å². The van der Waals surface area contributed by atoms with E-state index in [9.17, 15) is 4.79 Å². The van der Waals surface area contributed by atoms with Gasteiger partial charge in [-0.1, -0.05) is 6.42 Å². The van der Waals surface area contributed by atoms with Crippen molar-refractivity contribution in [3.05, 3.63) is 42.2 Å². The van der Waals surface area contributed by atoms with E-state index in [1.165, 1.54) is 25.7 Å². The number of nitrogens with zero attached hydrogens (tertiary/aromatic N) is 6. The molecule has 0 unspecified atom stereocenters. The smallest absolute Gasteiger partial charge is 0.253 e. The van der Waals surface area contributed by atoms with Crippen molar-refractivity contribution in [2.75, 3.05) is 38.5 Å². The van der Waals surface area contributed by atoms with Crippen LogP contribution in [0.4, 0.5) is 11.6 Å². The van der Waals surface area contributed by atoms with E-state index in [1.807, 2.05) is 41.6 Å². The minimum atomic E-state index is 0.0945. The van der Waals surface area contributed by atoms with Gasteiger partial charge in [0.15, 0.2) is 5.65 Å². The Morgan fingerprint density at radius 3 is 2.56 bits per heavy atom. The second-order valence-corrected chi connectivity index (χ2v) is 9.60. The van der Waals surface area contributed by atoms with Crippen molar-refractivity contribution >= 4 is 28.6 Å². The zero-order valence-electron chi connectivity index (χ0n) is 18.4. The van der Waals surface area contributed by atoms with Crippen molar-refractivity contribution in [2.45, 2.75) is 31.7 Å². The molecule has 3 aromatic rings. The largest absolute Gasteiger partial charge is 0.336 e. The van der Waals surface area contributed by atoms with Crippen LogP contribution in [0.25, 0.3) is 11.0 Å². The Morgan fingerprint density at radius 2 is 1.84 bits per heavy atom. The Morgan fingerprint density at radius 1 is 1.03 bits per heavy atom. The lowest BCUT2D eigenvalue weighted by Gasteiger charge is -2.32. The molecule has 0 spiro atoms. The first-order valence-corrected chi connectivity index (χ1v) is 11.7. The number of amides is 1. The van der Waals surface area contributed by atoms with Gasteiger partial charge in [0.2, 0.25) is 5.95 Å². The van der Waals surface area contributed by atoms with E-state index in [-0.39, 0.29) is 5.91 Å². The van der Waals surface area contributed by atoms with Gasteiger partial charge < -0.3 is 15.1 Å². The molecular weight excluding hydrogens is 402 g/mol. The summed E-state index contributed by atoms with van der Waals surface area (Å²) in [4.78, 5) is 26.2. The highest BCUT2D eigenvalue weighted by Crippen LogP contribution is 2.50. The van der Waals surface area contributed by atoms with Crippen LogP contribution in [0.15, 0.2) is 36.7 Å². The van der Waals surface area contributed by atoms with Gasteiger partial charge >= 0.3 is 0 Å². The maximum Gasteiger partial charge on any atom is 0.253 e. The van der Waals surface area contributed by atoms with Crippen LogP contribution in [0, 0.1) is 11.8 Å². The Bertz CT molecular complexity index is 1130. The maximum atomic E-state index is 12.8. The molecule has 3 atom stereocenters. The molecule has 3 aliphatic rings. The number of aromatic nitrogens is 4.